The van der Waals surface area contributed by atoms with Gasteiger partial charge in [-0.05, 0) is 43.0 Å². The quantitative estimate of drug-likeness (QED) is 0.326. The maximum absolute atomic E-state index is 12.3. The number of carbonyl (C=O) groups is 2. The van der Waals surface area contributed by atoms with E-state index in [1.165, 1.54) is 42.8 Å². The standard InChI is InChI=1S/C19H24N6O4S2/c1-28-15-9-13(10-21-22-16(26)12-30-19-24-23-18(20)31-19)5-6-14(15)29-11-17(27)25-7-3-2-4-8-25/h5-6,9-10H,2-4,7-8,11-12H2,1H3,(H2,20,23)(H,22,26). The van der Waals surface area contributed by atoms with Crippen LogP contribution in [0, 0.1) is 0 Å². The number of hydrogen-bond acceptors (Lipinski definition) is 10. The van der Waals surface area contributed by atoms with E-state index in [1.807, 2.05) is 4.90 Å². The highest BCUT2D eigenvalue weighted by atomic mass is 32.2. The Kier molecular flexibility index (Phi) is 8.47. The fraction of sp³-hybridized carbons (Fsp3) is 0.421. The first-order valence-electron chi connectivity index (χ1n) is 9.67. The number of carbonyl (C=O) groups excluding carboxylic acids is 2. The van der Waals surface area contributed by atoms with Crippen LogP contribution in [0.25, 0.3) is 0 Å². The largest absolute Gasteiger partial charge is 0.493 e. The first-order valence-corrected chi connectivity index (χ1v) is 11.5. The number of aromatic nitrogens is 2. The Morgan fingerprint density at radius 1 is 1.29 bits per heavy atom. The smallest absolute Gasteiger partial charge is 0.260 e. The SMILES string of the molecule is COc1cc(C=NNC(=O)CSc2nnc(N)s2)ccc1OCC(=O)N1CCCCC1. The van der Waals surface area contributed by atoms with E-state index in [2.05, 4.69) is 20.7 Å². The Labute approximate surface area is 188 Å². The van der Waals surface area contributed by atoms with Crippen LogP contribution < -0.4 is 20.6 Å². The molecule has 0 radical (unpaired) electrons. The number of amides is 2. The number of ether oxygens (including phenoxy) is 2. The molecule has 10 nitrogen and oxygen atoms in total. The number of nitrogens with zero attached hydrogens (tertiary/aromatic N) is 4. The number of piperidine rings is 1. The number of hydrogen-bond donors (Lipinski definition) is 2. The van der Waals surface area contributed by atoms with E-state index in [-0.39, 0.29) is 24.2 Å². The van der Waals surface area contributed by atoms with Gasteiger partial charge in [0.25, 0.3) is 11.8 Å². The third kappa shape index (κ3) is 7.10. The van der Waals surface area contributed by atoms with E-state index in [1.54, 1.807) is 18.2 Å². The summed E-state index contributed by atoms with van der Waals surface area (Å²) >= 11 is 2.45. The van der Waals surface area contributed by atoms with E-state index in [9.17, 15) is 9.59 Å². The summed E-state index contributed by atoms with van der Waals surface area (Å²) in [6, 6.07) is 5.19. The Hall–Kier alpha value is -2.86. The lowest BCUT2D eigenvalue weighted by Crippen LogP contribution is -2.38. The van der Waals surface area contributed by atoms with Crippen LogP contribution in [-0.2, 0) is 9.59 Å². The molecule has 1 saturated heterocycles. The van der Waals surface area contributed by atoms with Gasteiger partial charge in [0.15, 0.2) is 22.4 Å². The number of nitrogens with two attached hydrogens (primary N) is 1. The van der Waals surface area contributed by atoms with Crippen LogP contribution in [0.4, 0.5) is 5.13 Å². The molecule has 1 aliphatic rings. The third-order valence-electron chi connectivity index (χ3n) is 4.40. The second-order valence-corrected chi connectivity index (χ2v) is 8.86. The van der Waals surface area contributed by atoms with Gasteiger partial charge in [0.05, 0.1) is 19.1 Å². The second-order valence-electron chi connectivity index (χ2n) is 6.63. The number of likely N-dealkylation sites (tertiary alicyclic amines) is 1. The molecule has 12 heteroatoms. The van der Waals surface area contributed by atoms with Crippen LogP contribution in [0.2, 0.25) is 0 Å². The van der Waals surface area contributed by atoms with E-state index < -0.39 is 0 Å². The lowest BCUT2D eigenvalue weighted by atomic mass is 10.1. The van der Waals surface area contributed by atoms with Crippen LogP contribution in [0.15, 0.2) is 27.6 Å². The first-order chi connectivity index (χ1) is 15.0. The molecule has 166 valence electrons. The zero-order chi connectivity index (χ0) is 22.1. The van der Waals surface area contributed by atoms with Crippen LogP contribution >= 0.6 is 23.1 Å². The summed E-state index contributed by atoms with van der Waals surface area (Å²) in [5.74, 6) is 0.794. The van der Waals surface area contributed by atoms with Crippen molar-refractivity contribution in [2.24, 2.45) is 5.10 Å². The highest BCUT2D eigenvalue weighted by Crippen LogP contribution is 2.28. The van der Waals surface area contributed by atoms with Crippen molar-refractivity contribution in [2.75, 3.05) is 38.3 Å². The van der Waals surface area contributed by atoms with E-state index in [0.29, 0.717) is 26.5 Å². The van der Waals surface area contributed by atoms with Gasteiger partial charge in [-0.1, -0.05) is 23.1 Å². The highest BCUT2D eigenvalue weighted by molar-refractivity contribution is 8.01. The molecule has 0 bridgehead atoms. The van der Waals surface area contributed by atoms with Crippen molar-refractivity contribution in [1.82, 2.24) is 20.5 Å². The fourth-order valence-electron chi connectivity index (χ4n) is 2.87. The van der Waals surface area contributed by atoms with Crippen molar-refractivity contribution in [2.45, 2.75) is 23.6 Å². The van der Waals surface area contributed by atoms with Crippen LogP contribution in [0.3, 0.4) is 0 Å². The number of nitrogens with one attached hydrogen (secondary N) is 1. The summed E-state index contributed by atoms with van der Waals surface area (Å²) in [6.45, 7) is 1.54. The van der Waals surface area contributed by atoms with Crippen molar-refractivity contribution in [3.8, 4) is 11.5 Å². The molecule has 3 N–H and O–H groups in total. The lowest BCUT2D eigenvalue weighted by molar-refractivity contribution is -0.134. The van der Waals surface area contributed by atoms with Gasteiger partial charge in [-0.3, -0.25) is 9.59 Å². The number of thioether (sulfide) groups is 1. The van der Waals surface area contributed by atoms with Gasteiger partial charge in [-0.15, -0.1) is 10.2 Å². The first kappa shape index (κ1) is 22.8. The summed E-state index contributed by atoms with van der Waals surface area (Å²) in [5.41, 5.74) is 8.66. The molecule has 31 heavy (non-hydrogen) atoms. The molecule has 3 rings (SSSR count). The van der Waals surface area contributed by atoms with Crippen molar-refractivity contribution in [1.29, 1.82) is 0 Å². The second kappa shape index (κ2) is 11.5. The zero-order valence-electron chi connectivity index (χ0n) is 17.1. The van der Waals surface area contributed by atoms with Crippen molar-refractivity contribution in [3.63, 3.8) is 0 Å². The molecule has 1 fully saturated rings. The number of hydrazone groups is 1. The fourth-order valence-corrected chi connectivity index (χ4v) is 4.30. The Balaban J connectivity index is 1.48. The van der Waals surface area contributed by atoms with E-state index in [0.717, 1.165) is 25.9 Å². The maximum Gasteiger partial charge on any atom is 0.260 e. The molecule has 2 aromatic rings. The predicted octanol–water partition coefficient (Wildman–Crippen LogP) is 1.76. The van der Waals surface area contributed by atoms with Gasteiger partial charge >= 0.3 is 0 Å². The third-order valence-corrected chi connectivity index (χ3v) is 6.29. The van der Waals surface area contributed by atoms with Crippen LogP contribution in [0.5, 0.6) is 11.5 Å². The number of anilines is 1. The molecule has 0 spiro atoms. The van der Waals surface area contributed by atoms with Crippen LogP contribution in [0.1, 0.15) is 24.8 Å². The molecule has 1 aromatic heterocycles. The Morgan fingerprint density at radius 3 is 2.81 bits per heavy atom. The van der Waals surface area contributed by atoms with Crippen LogP contribution in [-0.4, -0.2) is 65.7 Å². The Bertz CT molecular complexity index is 930. The number of nitrogen functional groups attached to an aromatic ring is 1. The molecule has 1 aliphatic heterocycles. The van der Waals surface area contributed by atoms with E-state index in [4.69, 9.17) is 15.2 Å². The summed E-state index contributed by atoms with van der Waals surface area (Å²) in [6.07, 6.45) is 4.74. The Morgan fingerprint density at radius 2 is 2.10 bits per heavy atom. The van der Waals surface area contributed by atoms with Crippen molar-refractivity contribution >= 4 is 46.3 Å². The average Bonchev–Trinajstić information content (AvgIpc) is 3.22. The topological polar surface area (TPSA) is 132 Å². The number of benzene rings is 1. The highest BCUT2D eigenvalue weighted by Gasteiger charge is 2.17. The van der Waals surface area contributed by atoms with Crippen molar-refractivity contribution < 1.29 is 19.1 Å². The van der Waals surface area contributed by atoms with Gasteiger partial charge in [0, 0.05) is 13.1 Å². The van der Waals surface area contributed by atoms with E-state index >= 15 is 0 Å². The average molecular weight is 465 g/mol. The zero-order valence-corrected chi connectivity index (χ0v) is 18.7. The number of methoxy groups -OCH3 is 1. The monoisotopic (exact) mass is 464 g/mol. The molecule has 0 unspecified atom stereocenters. The summed E-state index contributed by atoms with van der Waals surface area (Å²) in [7, 11) is 1.52. The molecular weight excluding hydrogens is 440 g/mol. The lowest BCUT2D eigenvalue weighted by Gasteiger charge is -2.26. The predicted molar refractivity (Wildman–Crippen MR) is 120 cm³/mol. The van der Waals surface area contributed by atoms with Gasteiger partial charge in [-0.2, -0.15) is 5.10 Å². The molecule has 2 amide bonds. The summed E-state index contributed by atoms with van der Waals surface area (Å²) in [5, 5.41) is 11.8. The molecule has 2 heterocycles. The number of rotatable bonds is 9. The minimum atomic E-state index is -0.279. The van der Waals surface area contributed by atoms with Gasteiger partial charge in [0.1, 0.15) is 0 Å². The minimum Gasteiger partial charge on any atom is -0.493 e. The van der Waals surface area contributed by atoms with Gasteiger partial charge in [-0.25, -0.2) is 5.43 Å². The normalized spacial score (nSPS) is 13.9. The maximum atomic E-state index is 12.3. The van der Waals surface area contributed by atoms with Crippen molar-refractivity contribution in [3.05, 3.63) is 23.8 Å². The molecule has 1 aromatic carbocycles. The summed E-state index contributed by atoms with van der Waals surface area (Å²) in [4.78, 5) is 26.0. The minimum absolute atomic E-state index is 0.0239. The summed E-state index contributed by atoms with van der Waals surface area (Å²) < 4.78 is 11.6. The van der Waals surface area contributed by atoms with Gasteiger partial charge < -0.3 is 20.1 Å². The molecule has 0 atom stereocenters. The molecule has 0 saturated carbocycles. The van der Waals surface area contributed by atoms with Gasteiger partial charge in [0.2, 0.25) is 5.13 Å². The molecular formula is C19H24N6O4S2. The molecule has 0 aliphatic carbocycles.